The van der Waals surface area contributed by atoms with E-state index < -0.39 is 0 Å². The molecular weight excluding hydrogens is 178 g/mol. The van der Waals surface area contributed by atoms with Crippen LogP contribution in [0.25, 0.3) is 17.0 Å². The summed E-state index contributed by atoms with van der Waals surface area (Å²) in [4.78, 5) is 13.7. The largest absolute Gasteiger partial charge is 0.382 e. The molecule has 4 nitrogen and oxygen atoms in total. The summed E-state index contributed by atoms with van der Waals surface area (Å²) in [6, 6.07) is 5.73. The van der Waals surface area contributed by atoms with Gasteiger partial charge in [-0.1, -0.05) is 6.07 Å². The molecule has 0 saturated heterocycles. The highest BCUT2D eigenvalue weighted by atomic mass is 16.6. The van der Waals surface area contributed by atoms with Gasteiger partial charge in [-0.15, -0.1) is 0 Å². The van der Waals surface area contributed by atoms with Crippen molar-refractivity contribution in [1.29, 1.82) is 0 Å². The highest BCUT2D eigenvalue weighted by Gasteiger charge is 2.09. The average molecular weight is 185 g/mol. The smallest absolute Gasteiger partial charge is 0.166 e. The second-order valence-corrected chi connectivity index (χ2v) is 2.96. The van der Waals surface area contributed by atoms with E-state index in [9.17, 15) is 0 Å². The fourth-order valence-electron chi connectivity index (χ4n) is 1.52. The van der Waals surface area contributed by atoms with Crippen LogP contribution < -0.4 is 10.3 Å². The molecule has 2 heterocycles. The summed E-state index contributed by atoms with van der Waals surface area (Å²) in [5.74, 6) is 0.753. The highest BCUT2D eigenvalue weighted by Crippen LogP contribution is 2.27. The van der Waals surface area contributed by atoms with E-state index in [0.717, 1.165) is 22.3 Å². The van der Waals surface area contributed by atoms with Crippen LogP contribution in [0.5, 0.6) is 5.75 Å². The molecule has 0 unspecified atom stereocenters. The first-order valence-electron chi connectivity index (χ1n) is 4.28. The summed E-state index contributed by atoms with van der Waals surface area (Å²) >= 11 is 0. The molecule has 68 valence electrons. The van der Waals surface area contributed by atoms with Gasteiger partial charge in [0, 0.05) is 6.20 Å². The molecule has 3 rings (SSSR count). The van der Waals surface area contributed by atoms with E-state index in [1.54, 1.807) is 12.5 Å². The van der Waals surface area contributed by atoms with Crippen molar-refractivity contribution >= 4 is 17.0 Å². The molecular formula is C10H7N3O. The van der Waals surface area contributed by atoms with Crippen LogP contribution in [0.3, 0.4) is 0 Å². The lowest BCUT2D eigenvalue weighted by Crippen LogP contribution is -2.08. The fraction of sp³-hybridized carbons (Fsp3) is 0. The zero-order valence-electron chi connectivity index (χ0n) is 7.27. The van der Waals surface area contributed by atoms with Crippen LogP contribution in [0.2, 0.25) is 0 Å². The molecule has 0 radical (unpaired) electrons. The van der Waals surface area contributed by atoms with Crippen molar-refractivity contribution in [3.05, 3.63) is 36.4 Å². The maximum Gasteiger partial charge on any atom is 0.166 e. The van der Waals surface area contributed by atoms with Crippen molar-refractivity contribution in [3.63, 3.8) is 0 Å². The van der Waals surface area contributed by atoms with Crippen LogP contribution >= 0.6 is 0 Å². The van der Waals surface area contributed by atoms with E-state index in [1.165, 1.54) is 0 Å². The zero-order chi connectivity index (χ0) is 9.38. The van der Waals surface area contributed by atoms with E-state index in [-0.39, 0.29) is 0 Å². The second kappa shape index (κ2) is 2.70. The Morgan fingerprint density at radius 1 is 1.21 bits per heavy atom. The lowest BCUT2D eigenvalue weighted by Gasteiger charge is -2.05. The summed E-state index contributed by atoms with van der Waals surface area (Å²) in [6.45, 7) is 0. The molecule has 0 atom stereocenters. The molecule has 0 spiro atoms. The average Bonchev–Trinajstić information content (AvgIpc) is 2.44. The number of nitrogens with one attached hydrogen (secondary N) is 1. The number of hydrogen-bond acceptors (Lipinski definition) is 4. The molecule has 4 heteroatoms. The topological polar surface area (TPSA) is 47.0 Å². The van der Waals surface area contributed by atoms with Crippen molar-refractivity contribution in [3.8, 4) is 5.75 Å². The van der Waals surface area contributed by atoms with Crippen LogP contribution in [0.4, 0.5) is 0 Å². The van der Waals surface area contributed by atoms with Gasteiger partial charge in [0.05, 0.1) is 16.6 Å². The molecule has 14 heavy (non-hydrogen) atoms. The van der Waals surface area contributed by atoms with Gasteiger partial charge in [0.15, 0.2) is 5.75 Å². The lowest BCUT2D eigenvalue weighted by molar-refractivity contribution is 0.248. The maximum absolute atomic E-state index is 5.30. The minimum absolute atomic E-state index is 0.753. The summed E-state index contributed by atoms with van der Waals surface area (Å²) in [5, 5.41) is 0.941. The molecule has 0 bridgehead atoms. The number of hydrogen-bond donors (Lipinski definition) is 1. The van der Waals surface area contributed by atoms with E-state index in [1.807, 2.05) is 24.3 Å². The third kappa shape index (κ3) is 0.939. The first-order valence-corrected chi connectivity index (χ1v) is 4.28. The molecule has 1 aromatic heterocycles. The molecule has 1 aliphatic heterocycles. The molecule has 1 aromatic carbocycles. The van der Waals surface area contributed by atoms with Gasteiger partial charge in [-0.25, -0.2) is 15.4 Å². The van der Waals surface area contributed by atoms with Crippen LogP contribution in [0.15, 0.2) is 30.7 Å². The van der Waals surface area contributed by atoms with E-state index in [0.29, 0.717) is 0 Å². The first kappa shape index (κ1) is 7.32. The Balaban J connectivity index is 2.49. The van der Waals surface area contributed by atoms with Crippen LogP contribution in [-0.2, 0) is 0 Å². The fourth-order valence-corrected chi connectivity index (χ4v) is 1.52. The van der Waals surface area contributed by atoms with Crippen molar-refractivity contribution in [2.45, 2.75) is 0 Å². The zero-order valence-corrected chi connectivity index (χ0v) is 7.27. The monoisotopic (exact) mass is 185 g/mol. The van der Waals surface area contributed by atoms with Gasteiger partial charge in [-0.05, 0) is 18.2 Å². The van der Waals surface area contributed by atoms with Crippen molar-refractivity contribution in [2.24, 2.45) is 0 Å². The van der Waals surface area contributed by atoms with Crippen LogP contribution in [0.1, 0.15) is 5.69 Å². The van der Waals surface area contributed by atoms with E-state index in [4.69, 9.17) is 4.84 Å². The van der Waals surface area contributed by atoms with Gasteiger partial charge < -0.3 is 4.84 Å². The van der Waals surface area contributed by atoms with Crippen LogP contribution in [0, 0.1) is 0 Å². The Morgan fingerprint density at radius 3 is 3.21 bits per heavy atom. The Labute approximate surface area is 80.2 Å². The standard InChI is InChI=1S/C10H7N3O/c1-2-7-10-8(12-6-11-7)4-5-13-14-9(10)3-1/h1-6,13H. The summed E-state index contributed by atoms with van der Waals surface area (Å²) < 4.78 is 0. The molecule has 1 N–H and O–H groups in total. The van der Waals surface area contributed by atoms with Crippen molar-refractivity contribution in [2.75, 3.05) is 0 Å². The molecule has 2 aromatic rings. The molecule has 0 aliphatic carbocycles. The SMILES string of the molecule is C1=Cc2ncnc3cccc(c23)ON1. The minimum Gasteiger partial charge on any atom is -0.382 e. The van der Waals surface area contributed by atoms with E-state index in [2.05, 4.69) is 15.4 Å². The normalized spacial score (nSPS) is 13.1. The quantitative estimate of drug-likeness (QED) is 0.675. The maximum atomic E-state index is 5.30. The predicted octanol–water partition coefficient (Wildman–Crippen LogP) is 1.50. The number of rotatable bonds is 0. The Morgan fingerprint density at radius 2 is 2.21 bits per heavy atom. The molecule has 0 saturated carbocycles. The van der Waals surface area contributed by atoms with Gasteiger partial charge in [0.25, 0.3) is 0 Å². The van der Waals surface area contributed by atoms with E-state index >= 15 is 0 Å². The van der Waals surface area contributed by atoms with Gasteiger partial charge in [0.2, 0.25) is 0 Å². The summed E-state index contributed by atoms with van der Waals surface area (Å²) in [7, 11) is 0. The number of aromatic nitrogens is 2. The van der Waals surface area contributed by atoms with Gasteiger partial charge in [-0.2, -0.15) is 0 Å². The van der Waals surface area contributed by atoms with Crippen molar-refractivity contribution in [1.82, 2.24) is 15.4 Å². The molecule has 0 fully saturated rings. The highest BCUT2D eigenvalue weighted by molar-refractivity contribution is 5.91. The summed E-state index contributed by atoms with van der Waals surface area (Å²) in [6.07, 6.45) is 5.12. The van der Waals surface area contributed by atoms with Gasteiger partial charge in [-0.3, -0.25) is 0 Å². The number of nitrogens with zero attached hydrogens (tertiary/aromatic N) is 2. The Bertz CT molecular complexity index is 517. The summed E-state index contributed by atoms with van der Waals surface area (Å²) in [5.41, 5.74) is 4.47. The predicted molar refractivity (Wildman–Crippen MR) is 52.3 cm³/mol. The number of hydroxylamine groups is 1. The third-order valence-corrected chi connectivity index (χ3v) is 2.13. The minimum atomic E-state index is 0.753. The molecule has 0 amide bonds. The number of benzene rings is 1. The second-order valence-electron chi connectivity index (χ2n) is 2.96. The first-order chi connectivity index (χ1) is 6.95. The van der Waals surface area contributed by atoms with Gasteiger partial charge >= 0.3 is 0 Å². The Kier molecular flexibility index (Phi) is 1.41. The van der Waals surface area contributed by atoms with Gasteiger partial charge in [0.1, 0.15) is 6.33 Å². The van der Waals surface area contributed by atoms with Crippen LogP contribution in [-0.4, -0.2) is 9.97 Å². The molecule has 1 aliphatic rings. The Hall–Kier alpha value is -2.10. The lowest BCUT2D eigenvalue weighted by atomic mass is 10.1. The van der Waals surface area contributed by atoms with Crippen molar-refractivity contribution < 1.29 is 4.84 Å². The third-order valence-electron chi connectivity index (χ3n) is 2.13.